The van der Waals surface area contributed by atoms with Crippen LogP contribution in [0.15, 0.2) is 30.3 Å². The zero-order chi connectivity index (χ0) is 15.1. The van der Waals surface area contributed by atoms with Crippen molar-refractivity contribution in [3.05, 3.63) is 35.9 Å². The van der Waals surface area contributed by atoms with E-state index in [1.165, 1.54) is 0 Å². The Kier molecular flexibility index (Phi) is 5.75. The SMILES string of the molecule is CCC(=O)N1CCCC1OCC(=O)OCc1ccccc1. The van der Waals surface area contributed by atoms with Gasteiger partial charge in [-0.1, -0.05) is 37.3 Å². The molecular formula is C16H21NO4. The van der Waals surface area contributed by atoms with Gasteiger partial charge in [0.1, 0.15) is 19.4 Å². The molecule has 0 bridgehead atoms. The number of esters is 1. The Labute approximate surface area is 124 Å². The number of rotatable bonds is 6. The Balaban J connectivity index is 1.72. The van der Waals surface area contributed by atoms with Gasteiger partial charge >= 0.3 is 5.97 Å². The second-order valence-electron chi connectivity index (χ2n) is 4.99. The molecule has 0 N–H and O–H groups in total. The van der Waals surface area contributed by atoms with E-state index >= 15 is 0 Å². The zero-order valence-corrected chi connectivity index (χ0v) is 12.3. The van der Waals surface area contributed by atoms with Gasteiger partial charge in [-0.15, -0.1) is 0 Å². The summed E-state index contributed by atoms with van der Waals surface area (Å²) in [7, 11) is 0. The number of carbonyl (C=O) groups excluding carboxylic acids is 2. The van der Waals surface area contributed by atoms with Crippen LogP contribution in [0.2, 0.25) is 0 Å². The Hall–Kier alpha value is -1.88. The number of amides is 1. The van der Waals surface area contributed by atoms with Gasteiger partial charge in [0.15, 0.2) is 0 Å². The van der Waals surface area contributed by atoms with E-state index in [4.69, 9.17) is 9.47 Å². The Morgan fingerprint density at radius 2 is 2.05 bits per heavy atom. The molecule has 1 aromatic rings. The van der Waals surface area contributed by atoms with Crippen molar-refractivity contribution in [3.63, 3.8) is 0 Å². The molecule has 0 saturated carbocycles. The molecule has 5 nitrogen and oxygen atoms in total. The number of hydrogen-bond donors (Lipinski definition) is 0. The van der Waals surface area contributed by atoms with Crippen LogP contribution in [0.4, 0.5) is 0 Å². The molecule has 0 spiro atoms. The summed E-state index contributed by atoms with van der Waals surface area (Å²) in [6, 6.07) is 9.49. The Morgan fingerprint density at radius 3 is 2.76 bits per heavy atom. The molecule has 1 fully saturated rings. The fourth-order valence-corrected chi connectivity index (χ4v) is 2.34. The lowest BCUT2D eigenvalue weighted by atomic mass is 10.2. The van der Waals surface area contributed by atoms with Crippen molar-refractivity contribution in [2.24, 2.45) is 0 Å². The topological polar surface area (TPSA) is 55.8 Å². The van der Waals surface area contributed by atoms with E-state index < -0.39 is 5.97 Å². The third-order valence-corrected chi connectivity index (χ3v) is 3.46. The van der Waals surface area contributed by atoms with Gasteiger partial charge in [0, 0.05) is 13.0 Å². The maximum absolute atomic E-state index is 11.7. The number of carbonyl (C=O) groups is 2. The summed E-state index contributed by atoms with van der Waals surface area (Å²) < 4.78 is 10.7. The lowest BCUT2D eigenvalue weighted by molar-refractivity contribution is -0.160. The van der Waals surface area contributed by atoms with Crippen LogP contribution in [0, 0.1) is 0 Å². The van der Waals surface area contributed by atoms with Crippen molar-refractivity contribution in [1.29, 1.82) is 0 Å². The van der Waals surface area contributed by atoms with Crippen molar-refractivity contribution in [2.75, 3.05) is 13.2 Å². The smallest absolute Gasteiger partial charge is 0.332 e. The third-order valence-electron chi connectivity index (χ3n) is 3.46. The van der Waals surface area contributed by atoms with E-state index in [0.717, 1.165) is 18.4 Å². The van der Waals surface area contributed by atoms with Crippen molar-refractivity contribution in [3.8, 4) is 0 Å². The van der Waals surface area contributed by atoms with Gasteiger partial charge in [-0.2, -0.15) is 0 Å². The van der Waals surface area contributed by atoms with Gasteiger partial charge in [-0.3, -0.25) is 4.79 Å². The molecule has 1 heterocycles. The molecule has 0 aromatic heterocycles. The van der Waals surface area contributed by atoms with Crippen LogP contribution in [-0.2, 0) is 25.7 Å². The molecule has 1 unspecified atom stereocenters. The van der Waals surface area contributed by atoms with Gasteiger partial charge < -0.3 is 14.4 Å². The number of likely N-dealkylation sites (tertiary alicyclic amines) is 1. The molecule has 0 radical (unpaired) electrons. The van der Waals surface area contributed by atoms with Gasteiger partial charge in [-0.05, 0) is 18.4 Å². The van der Waals surface area contributed by atoms with Crippen molar-refractivity contribution in [2.45, 2.75) is 39.0 Å². The highest BCUT2D eigenvalue weighted by Crippen LogP contribution is 2.19. The summed E-state index contributed by atoms with van der Waals surface area (Å²) in [5.41, 5.74) is 0.939. The van der Waals surface area contributed by atoms with E-state index in [-0.39, 0.29) is 25.3 Å². The minimum Gasteiger partial charge on any atom is -0.459 e. The number of hydrogen-bond acceptors (Lipinski definition) is 4. The van der Waals surface area contributed by atoms with E-state index in [1.807, 2.05) is 37.3 Å². The van der Waals surface area contributed by atoms with Gasteiger partial charge in [-0.25, -0.2) is 4.79 Å². The third kappa shape index (κ3) is 4.56. The number of nitrogens with zero attached hydrogens (tertiary/aromatic N) is 1. The fraction of sp³-hybridized carbons (Fsp3) is 0.500. The summed E-state index contributed by atoms with van der Waals surface area (Å²) in [6.07, 6.45) is 1.85. The first-order chi connectivity index (χ1) is 10.2. The molecule has 0 aliphatic carbocycles. The largest absolute Gasteiger partial charge is 0.459 e. The van der Waals surface area contributed by atoms with Gasteiger partial charge in [0.25, 0.3) is 0 Å². The molecule has 1 amide bonds. The first-order valence-electron chi connectivity index (χ1n) is 7.31. The quantitative estimate of drug-likeness (QED) is 0.753. The number of benzene rings is 1. The molecule has 1 aliphatic rings. The van der Waals surface area contributed by atoms with Crippen LogP contribution in [0.5, 0.6) is 0 Å². The first kappa shape index (κ1) is 15.5. The first-order valence-corrected chi connectivity index (χ1v) is 7.31. The van der Waals surface area contributed by atoms with Crippen molar-refractivity contribution >= 4 is 11.9 Å². The van der Waals surface area contributed by atoms with Crippen LogP contribution >= 0.6 is 0 Å². The predicted octanol–water partition coefficient (Wildman–Crippen LogP) is 2.10. The van der Waals surface area contributed by atoms with Gasteiger partial charge in [0.05, 0.1) is 0 Å². The Bertz CT molecular complexity index is 474. The molecule has 1 saturated heterocycles. The van der Waals surface area contributed by atoms with E-state index in [2.05, 4.69) is 0 Å². The minimum atomic E-state index is -0.408. The molecular weight excluding hydrogens is 270 g/mol. The zero-order valence-electron chi connectivity index (χ0n) is 12.3. The average Bonchev–Trinajstić information content (AvgIpc) is 2.99. The van der Waals surface area contributed by atoms with Crippen molar-refractivity contribution in [1.82, 2.24) is 4.90 Å². The molecule has 2 rings (SSSR count). The van der Waals surface area contributed by atoms with Crippen LogP contribution in [0.1, 0.15) is 31.7 Å². The highest BCUT2D eigenvalue weighted by atomic mass is 16.6. The molecule has 21 heavy (non-hydrogen) atoms. The molecule has 1 atom stereocenters. The van der Waals surface area contributed by atoms with E-state index in [1.54, 1.807) is 4.90 Å². The summed E-state index contributed by atoms with van der Waals surface area (Å²) in [5, 5.41) is 0. The predicted molar refractivity (Wildman–Crippen MR) is 77.2 cm³/mol. The summed E-state index contributed by atoms with van der Waals surface area (Å²) in [5.74, 6) is -0.343. The van der Waals surface area contributed by atoms with E-state index in [0.29, 0.717) is 13.0 Å². The standard InChI is InChI=1S/C16H21NO4/c1-2-14(18)17-10-6-9-15(17)20-12-16(19)21-11-13-7-4-3-5-8-13/h3-5,7-8,15H,2,6,9-12H2,1H3. The minimum absolute atomic E-state index is 0.0650. The van der Waals surface area contributed by atoms with Crippen LogP contribution in [0.3, 0.4) is 0 Å². The number of ether oxygens (including phenoxy) is 2. The highest BCUT2D eigenvalue weighted by molar-refractivity contribution is 5.76. The summed E-state index contributed by atoms with van der Waals surface area (Å²) in [4.78, 5) is 25.1. The molecule has 5 heteroatoms. The molecule has 1 aliphatic heterocycles. The van der Waals surface area contributed by atoms with Crippen LogP contribution < -0.4 is 0 Å². The van der Waals surface area contributed by atoms with Crippen molar-refractivity contribution < 1.29 is 19.1 Å². The second-order valence-corrected chi connectivity index (χ2v) is 4.99. The average molecular weight is 291 g/mol. The van der Waals surface area contributed by atoms with E-state index in [9.17, 15) is 9.59 Å². The Morgan fingerprint density at radius 1 is 1.29 bits per heavy atom. The summed E-state index contributed by atoms with van der Waals surface area (Å²) in [6.45, 7) is 2.65. The monoisotopic (exact) mass is 291 g/mol. The lowest BCUT2D eigenvalue weighted by Crippen LogP contribution is -2.37. The lowest BCUT2D eigenvalue weighted by Gasteiger charge is -2.23. The second kappa shape index (κ2) is 7.78. The molecule has 114 valence electrons. The molecule has 1 aromatic carbocycles. The fourth-order valence-electron chi connectivity index (χ4n) is 2.34. The maximum atomic E-state index is 11.7. The van der Waals surface area contributed by atoms with Crippen LogP contribution in [0.25, 0.3) is 0 Å². The maximum Gasteiger partial charge on any atom is 0.332 e. The van der Waals surface area contributed by atoms with Crippen LogP contribution in [-0.4, -0.2) is 36.2 Å². The summed E-state index contributed by atoms with van der Waals surface area (Å²) >= 11 is 0. The van der Waals surface area contributed by atoms with Gasteiger partial charge in [0.2, 0.25) is 5.91 Å². The highest BCUT2D eigenvalue weighted by Gasteiger charge is 2.28. The normalized spacial score (nSPS) is 17.8.